The molecule has 0 aliphatic heterocycles. The van der Waals surface area contributed by atoms with Gasteiger partial charge in [-0.1, -0.05) is 6.07 Å². The lowest BCUT2D eigenvalue weighted by Crippen LogP contribution is -2.31. The minimum Gasteiger partial charge on any atom is -0.481 e. The average Bonchev–Trinajstić information content (AvgIpc) is 2.37. The molecule has 1 aromatic rings. The highest BCUT2D eigenvalue weighted by Crippen LogP contribution is 2.20. The minimum atomic E-state index is -0.528. The predicted molar refractivity (Wildman–Crippen MR) is 69.4 cm³/mol. The lowest BCUT2D eigenvalue weighted by Gasteiger charge is -2.10. The first-order valence-corrected chi connectivity index (χ1v) is 5.98. The van der Waals surface area contributed by atoms with Crippen LogP contribution in [0.25, 0.3) is 0 Å². The van der Waals surface area contributed by atoms with Crippen LogP contribution in [0.2, 0.25) is 0 Å². The van der Waals surface area contributed by atoms with Crippen molar-refractivity contribution in [2.75, 3.05) is 26.9 Å². The fraction of sp³-hybridized carbons (Fsp3) is 0.462. The number of nitrogens with two attached hydrogens (primary N) is 1. The number of methoxy groups -OCH3 is 1. The maximum absolute atomic E-state index is 13.6. The van der Waals surface area contributed by atoms with Crippen LogP contribution in [0.15, 0.2) is 18.2 Å². The van der Waals surface area contributed by atoms with E-state index in [0.717, 1.165) is 0 Å². The number of amides is 1. The topological polar surface area (TPSA) is 73.6 Å². The van der Waals surface area contributed by atoms with Crippen molar-refractivity contribution in [3.8, 4) is 5.75 Å². The Labute approximate surface area is 111 Å². The van der Waals surface area contributed by atoms with E-state index in [0.29, 0.717) is 18.7 Å². The van der Waals surface area contributed by atoms with Gasteiger partial charge in [-0.25, -0.2) is 4.39 Å². The van der Waals surface area contributed by atoms with E-state index in [9.17, 15) is 9.18 Å². The first-order chi connectivity index (χ1) is 9.04. The first kappa shape index (κ1) is 15.4. The molecule has 6 heteroatoms. The third kappa shape index (κ3) is 5.23. The molecule has 0 fully saturated rings. The Morgan fingerprint density at radius 3 is 2.84 bits per heavy atom. The van der Waals surface area contributed by atoms with Crippen LogP contribution in [0.4, 0.5) is 4.39 Å². The highest BCUT2D eigenvalue weighted by molar-refractivity contribution is 5.77. The largest absolute Gasteiger partial charge is 0.481 e. The first-order valence-electron chi connectivity index (χ1n) is 5.98. The second-order valence-electron chi connectivity index (χ2n) is 4.11. The van der Waals surface area contributed by atoms with Crippen molar-refractivity contribution in [1.29, 1.82) is 0 Å². The summed E-state index contributed by atoms with van der Waals surface area (Å²) in [4.78, 5) is 11.3. The number of halogens is 1. The molecule has 0 saturated carbocycles. The van der Waals surface area contributed by atoms with Gasteiger partial charge >= 0.3 is 0 Å². The number of carbonyl (C=O) groups is 1. The van der Waals surface area contributed by atoms with E-state index < -0.39 is 5.82 Å². The van der Waals surface area contributed by atoms with Gasteiger partial charge in [-0.3, -0.25) is 4.79 Å². The molecule has 1 atom stereocenters. The van der Waals surface area contributed by atoms with E-state index in [-0.39, 0.29) is 24.3 Å². The zero-order valence-electron chi connectivity index (χ0n) is 11.1. The van der Waals surface area contributed by atoms with Crippen molar-refractivity contribution in [2.24, 2.45) is 5.73 Å². The molecule has 0 unspecified atom stereocenters. The van der Waals surface area contributed by atoms with Gasteiger partial charge in [0.15, 0.2) is 18.2 Å². The van der Waals surface area contributed by atoms with Crippen molar-refractivity contribution in [1.82, 2.24) is 5.32 Å². The third-order valence-corrected chi connectivity index (χ3v) is 2.47. The maximum Gasteiger partial charge on any atom is 0.258 e. The third-order valence-electron chi connectivity index (χ3n) is 2.47. The van der Waals surface area contributed by atoms with Crippen LogP contribution in [0.1, 0.15) is 18.5 Å². The molecule has 0 radical (unpaired) electrons. The monoisotopic (exact) mass is 270 g/mol. The van der Waals surface area contributed by atoms with E-state index in [2.05, 4.69) is 5.32 Å². The molecule has 0 bridgehead atoms. The summed E-state index contributed by atoms with van der Waals surface area (Å²) in [6.07, 6.45) is 0. The van der Waals surface area contributed by atoms with Crippen molar-refractivity contribution in [2.45, 2.75) is 13.0 Å². The smallest absolute Gasteiger partial charge is 0.258 e. The van der Waals surface area contributed by atoms with Gasteiger partial charge in [-0.2, -0.15) is 0 Å². The summed E-state index contributed by atoms with van der Waals surface area (Å²) in [6.45, 7) is 2.34. The number of nitrogens with one attached hydrogen (secondary N) is 1. The molecule has 1 aromatic carbocycles. The second-order valence-corrected chi connectivity index (χ2v) is 4.11. The van der Waals surface area contributed by atoms with E-state index in [4.69, 9.17) is 15.2 Å². The van der Waals surface area contributed by atoms with Crippen molar-refractivity contribution in [3.05, 3.63) is 29.6 Å². The molecule has 0 aliphatic rings. The molecule has 106 valence electrons. The Kier molecular flexibility index (Phi) is 6.24. The Bertz CT molecular complexity index is 424. The van der Waals surface area contributed by atoms with E-state index in [1.807, 2.05) is 0 Å². The molecule has 1 rings (SSSR count). The summed E-state index contributed by atoms with van der Waals surface area (Å²) in [6, 6.07) is 4.20. The molecule has 0 heterocycles. The van der Waals surface area contributed by atoms with Gasteiger partial charge in [-0.15, -0.1) is 0 Å². The van der Waals surface area contributed by atoms with Gasteiger partial charge in [0.2, 0.25) is 0 Å². The molecule has 0 aromatic heterocycles. The number of rotatable bonds is 7. The number of hydrogen-bond acceptors (Lipinski definition) is 4. The quantitative estimate of drug-likeness (QED) is 0.725. The van der Waals surface area contributed by atoms with Gasteiger partial charge in [0.1, 0.15) is 0 Å². The summed E-state index contributed by atoms with van der Waals surface area (Å²) in [7, 11) is 1.54. The second kappa shape index (κ2) is 7.70. The maximum atomic E-state index is 13.6. The number of benzene rings is 1. The number of carbonyl (C=O) groups excluding carboxylic acids is 1. The van der Waals surface area contributed by atoms with Gasteiger partial charge in [-0.05, 0) is 24.6 Å². The fourth-order valence-corrected chi connectivity index (χ4v) is 1.40. The van der Waals surface area contributed by atoms with Crippen LogP contribution in [0.3, 0.4) is 0 Å². The van der Waals surface area contributed by atoms with Crippen LogP contribution in [-0.4, -0.2) is 32.8 Å². The summed E-state index contributed by atoms with van der Waals surface area (Å²) < 4.78 is 23.5. The molecule has 5 nitrogen and oxygen atoms in total. The van der Waals surface area contributed by atoms with Crippen molar-refractivity contribution in [3.63, 3.8) is 0 Å². The van der Waals surface area contributed by atoms with Crippen molar-refractivity contribution >= 4 is 5.91 Å². The molecule has 19 heavy (non-hydrogen) atoms. The van der Waals surface area contributed by atoms with Gasteiger partial charge in [0.25, 0.3) is 5.91 Å². The lowest BCUT2D eigenvalue weighted by molar-refractivity contribution is -0.123. The average molecular weight is 270 g/mol. The summed E-state index contributed by atoms with van der Waals surface area (Å²) >= 11 is 0. The van der Waals surface area contributed by atoms with Gasteiger partial charge in [0.05, 0.1) is 6.61 Å². The van der Waals surface area contributed by atoms with Crippen LogP contribution in [-0.2, 0) is 9.53 Å². The van der Waals surface area contributed by atoms with Crippen molar-refractivity contribution < 1.29 is 18.7 Å². The Hall–Kier alpha value is -1.66. The molecule has 0 spiro atoms. The van der Waals surface area contributed by atoms with Crippen LogP contribution >= 0.6 is 0 Å². The Balaban J connectivity index is 2.47. The molecular weight excluding hydrogens is 251 g/mol. The molecule has 1 amide bonds. The van der Waals surface area contributed by atoms with Crippen LogP contribution in [0.5, 0.6) is 5.75 Å². The Morgan fingerprint density at radius 2 is 2.26 bits per heavy atom. The standard InChI is InChI=1S/C13H19FN2O3/c1-9(15)10-3-4-12(11(14)7-10)19-8-13(17)16-5-6-18-2/h3-4,7,9H,5-6,8,15H2,1-2H3,(H,16,17)/t9-/m0/s1. The van der Waals surface area contributed by atoms with Crippen LogP contribution in [0, 0.1) is 5.82 Å². The molecular formula is C13H19FN2O3. The highest BCUT2D eigenvalue weighted by Gasteiger charge is 2.09. The van der Waals surface area contributed by atoms with E-state index in [1.54, 1.807) is 13.0 Å². The zero-order valence-corrected chi connectivity index (χ0v) is 11.1. The number of ether oxygens (including phenoxy) is 2. The summed E-state index contributed by atoms with van der Waals surface area (Å²) in [5, 5.41) is 2.57. The normalized spacial score (nSPS) is 12.0. The molecule has 0 aliphatic carbocycles. The highest BCUT2D eigenvalue weighted by atomic mass is 19.1. The molecule has 3 N–H and O–H groups in total. The molecule has 0 saturated heterocycles. The minimum absolute atomic E-state index is 0.0336. The SMILES string of the molecule is COCCNC(=O)COc1ccc([C@H](C)N)cc1F. The fourth-order valence-electron chi connectivity index (χ4n) is 1.40. The van der Waals surface area contributed by atoms with Crippen LogP contribution < -0.4 is 15.8 Å². The lowest BCUT2D eigenvalue weighted by atomic mass is 10.1. The predicted octanol–water partition coefficient (Wildman–Crippen LogP) is 0.987. The number of hydrogen-bond donors (Lipinski definition) is 2. The Morgan fingerprint density at radius 1 is 1.53 bits per heavy atom. The van der Waals surface area contributed by atoms with Gasteiger partial charge in [0, 0.05) is 19.7 Å². The van der Waals surface area contributed by atoms with Gasteiger partial charge < -0.3 is 20.5 Å². The summed E-state index contributed by atoms with van der Waals surface area (Å²) in [5.41, 5.74) is 6.31. The van der Waals surface area contributed by atoms with E-state index in [1.165, 1.54) is 19.2 Å². The van der Waals surface area contributed by atoms with E-state index >= 15 is 0 Å². The summed E-state index contributed by atoms with van der Waals surface area (Å²) in [5.74, 6) is -0.821. The zero-order chi connectivity index (χ0) is 14.3.